The molecule has 21 heavy (non-hydrogen) atoms. The van der Waals surface area contributed by atoms with Crippen LogP contribution in [-0.4, -0.2) is 21.1 Å². The number of carbonyl (C=O) groups excluding carboxylic acids is 1. The van der Waals surface area contributed by atoms with Crippen molar-refractivity contribution in [2.24, 2.45) is 0 Å². The van der Waals surface area contributed by atoms with E-state index >= 15 is 0 Å². The van der Waals surface area contributed by atoms with Gasteiger partial charge in [-0.15, -0.1) is 16.4 Å². The van der Waals surface area contributed by atoms with Crippen molar-refractivity contribution in [2.45, 2.75) is 6.42 Å². The highest BCUT2D eigenvalue weighted by Crippen LogP contribution is 2.18. The van der Waals surface area contributed by atoms with Crippen LogP contribution in [0.15, 0.2) is 40.1 Å². The van der Waals surface area contributed by atoms with E-state index in [0.717, 1.165) is 5.69 Å². The molecule has 2 aromatic heterocycles. The molecular formula is C13H10N4O2S2. The number of nitrogens with one attached hydrogen (secondary N) is 2. The Kier molecular flexibility index (Phi) is 3.89. The summed E-state index contributed by atoms with van der Waals surface area (Å²) in [5, 5.41) is 11.6. The average molecular weight is 318 g/mol. The Labute approximate surface area is 128 Å². The zero-order valence-electron chi connectivity index (χ0n) is 10.7. The lowest BCUT2D eigenvalue weighted by Gasteiger charge is -2.00. The number of carbonyl (C=O) groups is 1. The number of thiazole rings is 1. The summed E-state index contributed by atoms with van der Waals surface area (Å²) < 4.78 is 5.17. The minimum absolute atomic E-state index is 0.186. The molecule has 6 nitrogen and oxygen atoms in total. The third-order valence-corrected chi connectivity index (χ3v) is 3.60. The number of anilines is 1. The predicted octanol–water partition coefficient (Wildman–Crippen LogP) is 3.03. The van der Waals surface area contributed by atoms with Crippen LogP contribution in [0, 0.1) is 4.84 Å². The molecule has 1 aromatic carbocycles. The lowest BCUT2D eigenvalue weighted by molar-refractivity contribution is 0.102. The van der Waals surface area contributed by atoms with Crippen LogP contribution in [0.5, 0.6) is 0 Å². The van der Waals surface area contributed by atoms with E-state index in [4.69, 9.17) is 16.6 Å². The molecule has 0 saturated heterocycles. The summed E-state index contributed by atoms with van der Waals surface area (Å²) in [6, 6.07) is 8.98. The van der Waals surface area contributed by atoms with Gasteiger partial charge in [0.1, 0.15) is 0 Å². The van der Waals surface area contributed by atoms with Crippen LogP contribution in [0.4, 0.5) is 5.13 Å². The number of hydrogen-bond donors (Lipinski definition) is 2. The van der Waals surface area contributed by atoms with Gasteiger partial charge in [0.2, 0.25) is 5.89 Å². The van der Waals surface area contributed by atoms with Crippen molar-refractivity contribution in [1.82, 2.24) is 15.2 Å². The summed E-state index contributed by atoms with van der Waals surface area (Å²) in [7, 11) is 0. The molecule has 3 aromatic rings. The molecule has 0 fully saturated rings. The third kappa shape index (κ3) is 3.41. The Bertz CT molecular complexity index is 807. The molecule has 0 aliphatic rings. The van der Waals surface area contributed by atoms with Crippen molar-refractivity contribution in [3.8, 4) is 0 Å². The summed E-state index contributed by atoms with van der Waals surface area (Å²) >= 11 is 6.16. The largest absolute Gasteiger partial charge is 0.414 e. The SMILES string of the molecule is O=C(Nc1nc(Cc2n[nH]c(=S)o2)cs1)c1ccccc1. The van der Waals surface area contributed by atoms with Gasteiger partial charge in [0.15, 0.2) is 5.13 Å². The van der Waals surface area contributed by atoms with E-state index < -0.39 is 0 Å². The van der Waals surface area contributed by atoms with E-state index in [0.29, 0.717) is 23.0 Å². The number of rotatable bonds is 4. The zero-order chi connectivity index (χ0) is 14.7. The van der Waals surface area contributed by atoms with Crippen LogP contribution in [0.2, 0.25) is 0 Å². The zero-order valence-corrected chi connectivity index (χ0v) is 12.3. The number of H-pyrrole nitrogens is 1. The maximum absolute atomic E-state index is 12.0. The van der Waals surface area contributed by atoms with Crippen LogP contribution in [0.1, 0.15) is 21.9 Å². The molecule has 0 aliphatic carbocycles. The van der Waals surface area contributed by atoms with Gasteiger partial charge in [0.05, 0.1) is 12.1 Å². The molecule has 8 heteroatoms. The second-order valence-corrected chi connectivity index (χ2v) is 5.38. The number of aromatic amines is 1. The smallest absolute Gasteiger partial charge is 0.284 e. The summed E-state index contributed by atoms with van der Waals surface area (Å²) in [5.41, 5.74) is 1.35. The van der Waals surface area contributed by atoms with Gasteiger partial charge in [0.25, 0.3) is 10.7 Å². The van der Waals surface area contributed by atoms with Crippen LogP contribution < -0.4 is 5.32 Å². The lowest BCUT2D eigenvalue weighted by Crippen LogP contribution is -2.11. The second kappa shape index (κ2) is 5.98. The first-order valence-corrected chi connectivity index (χ1v) is 7.35. The maximum Gasteiger partial charge on any atom is 0.284 e. The topological polar surface area (TPSA) is 83.8 Å². The van der Waals surface area contributed by atoms with Crippen LogP contribution >= 0.6 is 23.6 Å². The molecule has 0 spiro atoms. The van der Waals surface area contributed by atoms with E-state index in [1.54, 1.807) is 12.1 Å². The first-order valence-electron chi connectivity index (χ1n) is 6.06. The van der Waals surface area contributed by atoms with Gasteiger partial charge in [-0.3, -0.25) is 10.1 Å². The third-order valence-electron chi connectivity index (χ3n) is 2.62. The van der Waals surface area contributed by atoms with Crippen LogP contribution in [-0.2, 0) is 6.42 Å². The highest BCUT2D eigenvalue weighted by Gasteiger charge is 2.10. The van der Waals surface area contributed by atoms with Gasteiger partial charge < -0.3 is 4.42 Å². The van der Waals surface area contributed by atoms with E-state index in [-0.39, 0.29) is 10.7 Å². The van der Waals surface area contributed by atoms with E-state index in [1.165, 1.54) is 11.3 Å². The van der Waals surface area contributed by atoms with Crippen molar-refractivity contribution in [1.29, 1.82) is 0 Å². The molecule has 2 N–H and O–H groups in total. The molecule has 1 amide bonds. The fourth-order valence-corrected chi connectivity index (χ4v) is 2.54. The van der Waals surface area contributed by atoms with Gasteiger partial charge in [-0.2, -0.15) is 0 Å². The summed E-state index contributed by atoms with van der Waals surface area (Å²) in [5.74, 6) is 0.278. The number of benzene rings is 1. The first-order chi connectivity index (χ1) is 10.2. The Balaban J connectivity index is 1.68. The second-order valence-electron chi connectivity index (χ2n) is 4.15. The Morgan fingerprint density at radius 1 is 1.38 bits per heavy atom. The number of aromatic nitrogens is 3. The minimum Gasteiger partial charge on any atom is -0.414 e. The number of amides is 1. The van der Waals surface area contributed by atoms with Crippen molar-refractivity contribution in [2.75, 3.05) is 5.32 Å². The van der Waals surface area contributed by atoms with Crippen molar-refractivity contribution in [3.05, 3.63) is 57.7 Å². The molecule has 2 heterocycles. The summed E-state index contributed by atoms with van der Waals surface area (Å²) in [4.78, 5) is 16.5. The predicted molar refractivity (Wildman–Crippen MR) is 81.0 cm³/mol. The molecule has 0 unspecified atom stereocenters. The van der Waals surface area contributed by atoms with E-state index in [2.05, 4.69) is 20.5 Å². The lowest BCUT2D eigenvalue weighted by atomic mass is 10.2. The van der Waals surface area contributed by atoms with Crippen LogP contribution in [0.3, 0.4) is 0 Å². The quantitative estimate of drug-likeness (QED) is 0.722. The Morgan fingerprint density at radius 2 is 2.19 bits per heavy atom. The molecule has 0 bridgehead atoms. The van der Waals surface area contributed by atoms with E-state index in [1.807, 2.05) is 23.6 Å². The van der Waals surface area contributed by atoms with Crippen molar-refractivity contribution in [3.63, 3.8) is 0 Å². The molecule has 3 rings (SSSR count). The minimum atomic E-state index is -0.186. The van der Waals surface area contributed by atoms with Crippen LogP contribution in [0.25, 0.3) is 0 Å². The highest BCUT2D eigenvalue weighted by molar-refractivity contribution is 7.71. The average Bonchev–Trinajstić information content (AvgIpc) is 3.09. The van der Waals surface area contributed by atoms with Gasteiger partial charge >= 0.3 is 0 Å². The molecule has 0 radical (unpaired) electrons. The first kappa shape index (κ1) is 13.7. The van der Waals surface area contributed by atoms with Gasteiger partial charge in [-0.05, 0) is 24.4 Å². The normalized spacial score (nSPS) is 10.5. The number of nitrogens with zero attached hydrogens (tertiary/aromatic N) is 2. The number of hydrogen-bond acceptors (Lipinski definition) is 6. The van der Waals surface area contributed by atoms with Gasteiger partial charge in [-0.25, -0.2) is 10.1 Å². The molecule has 0 aliphatic heterocycles. The monoisotopic (exact) mass is 318 g/mol. The highest BCUT2D eigenvalue weighted by atomic mass is 32.1. The Hall–Kier alpha value is -2.32. The molecule has 0 saturated carbocycles. The summed E-state index contributed by atoms with van der Waals surface area (Å²) in [6.07, 6.45) is 0.421. The molecule has 106 valence electrons. The van der Waals surface area contributed by atoms with Gasteiger partial charge in [0, 0.05) is 10.9 Å². The Morgan fingerprint density at radius 3 is 2.90 bits per heavy atom. The molecular weight excluding hydrogens is 308 g/mol. The maximum atomic E-state index is 12.0. The fourth-order valence-electron chi connectivity index (χ4n) is 1.70. The van der Waals surface area contributed by atoms with E-state index in [9.17, 15) is 4.79 Å². The summed E-state index contributed by atoms with van der Waals surface area (Å²) in [6.45, 7) is 0. The van der Waals surface area contributed by atoms with Crippen molar-refractivity contribution < 1.29 is 9.21 Å². The van der Waals surface area contributed by atoms with Gasteiger partial charge in [-0.1, -0.05) is 18.2 Å². The fraction of sp³-hybridized carbons (Fsp3) is 0.0769. The molecule has 0 atom stereocenters. The standard InChI is InChI=1S/C13H10N4O2S2/c18-11(8-4-2-1-3-5-8)15-12-14-9(7-21-12)6-10-16-17-13(20)19-10/h1-5,7H,6H2,(H,17,20)(H,14,15,18). The van der Waals surface area contributed by atoms with Crippen molar-refractivity contribution >= 4 is 34.6 Å².